The summed E-state index contributed by atoms with van der Waals surface area (Å²) < 4.78 is 0. The Morgan fingerprint density at radius 2 is 1.58 bits per heavy atom. The van der Waals surface area contributed by atoms with Gasteiger partial charge in [0.15, 0.2) is 5.78 Å². The molecule has 0 fully saturated rings. The third-order valence-electron chi connectivity index (χ3n) is 4.19. The average Bonchev–Trinajstić information content (AvgIpc) is 2.67. The van der Waals surface area contributed by atoms with E-state index in [0.29, 0.717) is 11.1 Å². The third-order valence-corrected chi connectivity index (χ3v) is 4.19. The highest BCUT2D eigenvalue weighted by molar-refractivity contribution is 6.11. The minimum absolute atomic E-state index is 0.0804. The second-order valence-corrected chi connectivity index (χ2v) is 6.27. The molecule has 0 amide bonds. The molecule has 2 rings (SSSR count). The molecule has 0 radical (unpaired) electrons. The molecule has 0 aliphatic heterocycles. The van der Waals surface area contributed by atoms with Crippen LogP contribution in [0.2, 0.25) is 0 Å². The van der Waals surface area contributed by atoms with E-state index in [1.165, 1.54) is 12.8 Å². The number of hydrogen-bond acceptors (Lipinski definition) is 3. The maximum absolute atomic E-state index is 12.6. The second-order valence-electron chi connectivity index (χ2n) is 6.27. The highest BCUT2D eigenvalue weighted by atomic mass is 16.3. The molecule has 142 valence electrons. The number of nitrogens with one attached hydrogen (secondary N) is 1. The van der Waals surface area contributed by atoms with Crippen molar-refractivity contribution in [2.75, 3.05) is 13.1 Å². The first-order valence-electron chi connectivity index (χ1n) is 9.76. The standard InChI is InChI=1S/C19H22O2.C4H11N/c1-2-3-4-6-10-15-13-9-14-17(20)18(15)19(21)16-11-7-5-8-12-16;1-3-5-4-2/h5,7-9,11-14,20H,2-4,6,10H2,1H3;5H,3-4H2,1-2H3. The predicted octanol–water partition coefficient (Wildman–Crippen LogP) is 5.36. The fourth-order valence-electron chi connectivity index (χ4n) is 2.78. The van der Waals surface area contributed by atoms with Gasteiger partial charge in [0.05, 0.1) is 5.56 Å². The molecular weight excluding hydrogens is 322 g/mol. The number of unbranched alkanes of at least 4 members (excludes halogenated alkanes) is 3. The fraction of sp³-hybridized carbons (Fsp3) is 0.435. The van der Waals surface area contributed by atoms with Gasteiger partial charge in [0.25, 0.3) is 0 Å². The van der Waals surface area contributed by atoms with Crippen LogP contribution in [0.3, 0.4) is 0 Å². The van der Waals surface area contributed by atoms with Crippen LogP contribution in [0, 0.1) is 0 Å². The van der Waals surface area contributed by atoms with Gasteiger partial charge in [0.2, 0.25) is 0 Å². The quantitative estimate of drug-likeness (QED) is 0.470. The van der Waals surface area contributed by atoms with Crippen LogP contribution in [0.5, 0.6) is 5.75 Å². The van der Waals surface area contributed by atoms with E-state index in [4.69, 9.17) is 0 Å². The summed E-state index contributed by atoms with van der Waals surface area (Å²) >= 11 is 0. The van der Waals surface area contributed by atoms with Gasteiger partial charge in [-0.1, -0.05) is 82.5 Å². The molecule has 0 aliphatic carbocycles. The molecule has 26 heavy (non-hydrogen) atoms. The molecule has 0 saturated carbocycles. The smallest absolute Gasteiger partial charge is 0.197 e. The number of hydrogen-bond donors (Lipinski definition) is 2. The van der Waals surface area contributed by atoms with Crippen molar-refractivity contribution in [3.63, 3.8) is 0 Å². The van der Waals surface area contributed by atoms with Crippen LogP contribution in [-0.4, -0.2) is 24.0 Å². The topological polar surface area (TPSA) is 49.3 Å². The van der Waals surface area contributed by atoms with Crippen LogP contribution in [0.15, 0.2) is 48.5 Å². The van der Waals surface area contributed by atoms with E-state index in [2.05, 4.69) is 26.1 Å². The van der Waals surface area contributed by atoms with Crippen molar-refractivity contribution in [2.24, 2.45) is 0 Å². The van der Waals surface area contributed by atoms with E-state index < -0.39 is 0 Å². The average molecular weight is 356 g/mol. The SMILES string of the molecule is CCCCCCc1cccc(O)c1C(=O)c1ccccc1.CCNCC. The van der Waals surface area contributed by atoms with E-state index in [1.807, 2.05) is 30.3 Å². The summed E-state index contributed by atoms with van der Waals surface area (Å²) in [6.45, 7) is 8.57. The van der Waals surface area contributed by atoms with Gasteiger partial charge in [-0.25, -0.2) is 0 Å². The molecule has 0 bridgehead atoms. The van der Waals surface area contributed by atoms with Gasteiger partial charge in [-0.15, -0.1) is 0 Å². The van der Waals surface area contributed by atoms with Crippen LogP contribution < -0.4 is 5.32 Å². The lowest BCUT2D eigenvalue weighted by molar-refractivity contribution is 0.103. The first-order valence-corrected chi connectivity index (χ1v) is 9.76. The van der Waals surface area contributed by atoms with Crippen molar-refractivity contribution in [2.45, 2.75) is 52.9 Å². The number of rotatable bonds is 9. The van der Waals surface area contributed by atoms with Crippen molar-refractivity contribution in [3.05, 3.63) is 65.2 Å². The summed E-state index contributed by atoms with van der Waals surface area (Å²) in [6.07, 6.45) is 5.44. The Morgan fingerprint density at radius 3 is 2.15 bits per heavy atom. The van der Waals surface area contributed by atoms with E-state index >= 15 is 0 Å². The first-order chi connectivity index (χ1) is 12.7. The zero-order valence-corrected chi connectivity index (χ0v) is 16.4. The van der Waals surface area contributed by atoms with Crippen LogP contribution in [0.4, 0.5) is 0 Å². The molecule has 0 saturated heterocycles. The highest BCUT2D eigenvalue weighted by Crippen LogP contribution is 2.25. The summed E-state index contributed by atoms with van der Waals surface area (Å²) in [5.74, 6) is -0.0176. The first kappa shape index (κ1) is 21.9. The number of carbonyl (C=O) groups is 1. The molecule has 0 heterocycles. The Kier molecular flexibility index (Phi) is 11.1. The van der Waals surface area contributed by atoms with Crippen molar-refractivity contribution < 1.29 is 9.90 Å². The summed E-state index contributed by atoms with van der Waals surface area (Å²) in [5.41, 5.74) is 2.02. The van der Waals surface area contributed by atoms with Gasteiger partial charge in [-0.2, -0.15) is 0 Å². The largest absolute Gasteiger partial charge is 0.507 e. The zero-order chi connectivity index (χ0) is 19.2. The molecule has 2 aromatic carbocycles. The Balaban J connectivity index is 0.000000597. The number of carbonyl (C=O) groups excluding carboxylic acids is 1. The summed E-state index contributed by atoms with van der Waals surface area (Å²) in [5, 5.41) is 13.2. The normalized spacial score (nSPS) is 10.1. The molecule has 2 aromatic rings. The van der Waals surface area contributed by atoms with E-state index in [9.17, 15) is 9.90 Å². The van der Waals surface area contributed by atoms with Crippen LogP contribution in [0.1, 0.15) is 67.9 Å². The van der Waals surface area contributed by atoms with Crippen molar-refractivity contribution >= 4 is 5.78 Å². The molecular formula is C23H33NO2. The van der Waals surface area contributed by atoms with Gasteiger partial charge in [-0.05, 0) is 37.6 Å². The van der Waals surface area contributed by atoms with Crippen molar-refractivity contribution in [1.82, 2.24) is 5.32 Å². The number of ketones is 1. The van der Waals surface area contributed by atoms with Crippen molar-refractivity contribution in [3.8, 4) is 5.75 Å². The van der Waals surface area contributed by atoms with Gasteiger partial charge >= 0.3 is 0 Å². The van der Waals surface area contributed by atoms with Gasteiger partial charge in [0.1, 0.15) is 5.75 Å². The van der Waals surface area contributed by atoms with Crippen LogP contribution >= 0.6 is 0 Å². The Bertz CT molecular complexity index is 636. The number of aromatic hydroxyl groups is 1. The maximum atomic E-state index is 12.6. The monoisotopic (exact) mass is 355 g/mol. The number of phenolic OH excluding ortho intramolecular Hbond substituents is 1. The number of aryl methyl sites for hydroxylation is 1. The van der Waals surface area contributed by atoms with E-state index in [0.717, 1.165) is 37.9 Å². The van der Waals surface area contributed by atoms with Gasteiger partial charge in [-0.3, -0.25) is 4.79 Å². The fourth-order valence-corrected chi connectivity index (χ4v) is 2.78. The predicted molar refractivity (Wildman–Crippen MR) is 110 cm³/mol. The highest BCUT2D eigenvalue weighted by Gasteiger charge is 2.17. The molecule has 3 heteroatoms. The lowest BCUT2D eigenvalue weighted by Crippen LogP contribution is -2.09. The zero-order valence-electron chi connectivity index (χ0n) is 16.4. The summed E-state index contributed by atoms with van der Waals surface area (Å²) in [7, 11) is 0. The second kappa shape index (κ2) is 13.1. The molecule has 0 aromatic heterocycles. The molecule has 2 N–H and O–H groups in total. The Labute approximate surface area is 158 Å². The molecule has 0 aliphatic rings. The lowest BCUT2D eigenvalue weighted by Gasteiger charge is -2.11. The minimum Gasteiger partial charge on any atom is -0.507 e. The Morgan fingerprint density at radius 1 is 0.885 bits per heavy atom. The molecule has 3 nitrogen and oxygen atoms in total. The number of benzene rings is 2. The van der Waals surface area contributed by atoms with Crippen LogP contribution in [-0.2, 0) is 6.42 Å². The molecule has 0 unspecified atom stereocenters. The Hall–Kier alpha value is -2.13. The summed E-state index contributed by atoms with van der Waals surface area (Å²) in [6, 6.07) is 14.5. The summed E-state index contributed by atoms with van der Waals surface area (Å²) in [4.78, 5) is 12.6. The maximum Gasteiger partial charge on any atom is 0.197 e. The van der Waals surface area contributed by atoms with E-state index in [-0.39, 0.29) is 11.5 Å². The number of phenols is 1. The molecule has 0 atom stereocenters. The van der Waals surface area contributed by atoms with Crippen molar-refractivity contribution in [1.29, 1.82) is 0 Å². The molecule has 0 spiro atoms. The van der Waals surface area contributed by atoms with Gasteiger partial charge in [0, 0.05) is 5.56 Å². The van der Waals surface area contributed by atoms with Gasteiger partial charge < -0.3 is 10.4 Å². The minimum atomic E-state index is -0.0980. The third kappa shape index (κ3) is 7.40. The van der Waals surface area contributed by atoms with E-state index in [1.54, 1.807) is 18.2 Å². The lowest BCUT2D eigenvalue weighted by atomic mass is 9.94. The van der Waals surface area contributed by atoms with Crippen LogP contribution in [0.25, 0.3) is 0 Å².